The molecule has 1 heterocycles. The molecule has 0 N–H and O–H groups in total. The van der Waals surface area contributed by atoms with E-state index in [9.17, 15) is 4.79 Å². The van der Waals surface area contributed by atoms with Gasteiger partial charge >= 0.3 is 5.97 Å². The van der Waals surface area contributed by atoms with Crippen molar-refractivity contribution in [3.63, 3.8) is 0 Å². The summed E-state index contributed by atoms with van der Waals surface area (Å²) in [4.78, 5) is 11.7. The Hall–Kier alpha value is -1.36. The number of esters is 1. The number of halogens is 1. The summed E-state index contributed by atoms with van der Waals surface area (Å²) >= 11 is 2.26. The van der Waals surface area contributed by atoms with Gasteiger partial charge in [-0.2, -0.15) is 0 Å². The van der Waals surface area contributed by atoms with Crippen LogP contribution in [-0.2, 0) is 4.74 Å². The van der Waals surface area contributed by atoms with Crippen LogP contribution in [0.5, 0.6) is 0 Å². The first-order valence-corrected chi connectivity index (χ1v) is 6.39. The first-order chi connectivity index (χ1) is 8.25. The minimum Gasteiger partial charge on any atom is -0.449 e. The molecule has 0 radical (unpaired) electrons. The van der Waals surface area contributed by atoms with Crippen LogP contribution in [-0.4, -0.2) is 5.97 Å². The van der Waals surface area contributed by atoms with E-state index in [0.717, 1.165) is 11.1 Å². The van der Waals surface area contributed by atoms with E-state index in [2.05, 4.69) is 22.6 Å². The first kappa shape index (κ1) is 10.8. The van der Waals surface area contributed by atoms with Crippen LogP contribution in [0.15, 0.2) is 48.5 Å². The zero-order valence-corrected chi connectivity index (χ0v) is 11.0. The van der Waals surface area contributed by atoms with E-state index in [1.165, 1.54) is 3.57 Å². The number of rotatable bonds is 1. The summed E-state index contributed by atoms with van der Waals surface area (Å²) < 4.78 is 6.59. The van der Waals surface area contributed by atoms with Crippen molar-refractivity contribution in [2.45, 2.75) is 6.10 Å². The van der Waals surface area contributed by atoms with Crippen molar-refractivity contribution < 1.29 is 9.53 Å². The van der Waals surface area contributed by atoms with Gasteiger partial charge in [0.2, 0.25) is 0 Å². The Bertz CT molecular complexity index is 575. The molecule has 0 spiro atoms. The van der Waals surface area contributed by atoms with E-state index >= 15 is 0 Å². The molecule has 0 bridgehead atoms. The largest absolute Gasteiger partial charge is 0.449 e. The van der Waals surface area contributed by atoms with Gasteiger partial charge in [-0.05, 0) is 46.4 Å². The summed E-state index contributed by atoms with van der Waals surface area (Å²) in [6.45, 7) is 0. The average Bonchev–Trinajstić information content (AvgIpc) is 2.69. The number of benzene rings is 2. The fourth-order valence-corrected chi connectivity index (χ4v) is 2.39. The van der Waals surface area contributed by atoms with Gasteiger partial charge < -0.3 is 4.74 Å². The lowest BCUT2D eigenvalue weighted by Crippen LogP contribution is -2.00. The Morgan fingerprint density at radius 3 is 2.47 bits per heavy atom. The molecular formula is C14H9IO2. The lowest BCUT2D eigenvalue weighted by Gasteiger charge is -2.10. The van der Waals surface area contributed by atoms with Gasteiger partial charge in [-0.3, -0.25) is 0 Å². The highest BCUT2D eigenvalue weighted by atomic mass is 127. The second-order valence-corrected chi connectivity index (χ2v) is 5.17. The second-order valence-electron chi connectivity index (χ2n) is 3.92. The maximum atomic E-state index is 11.7. The minimum absolute atomic E-state index is 0.232. The van der Waals surface area contributed by atoms with Crippen molar-refractivity contribution in [2.75, 3.05) is 0 Å². The number of ether oxygens (including phenoxy) is 1. The maximum Gasteiger partial charge on any atom is 0.339 e. The Labute approximate surface area is 113 Å². The van der Waals surface area contributed by atoms with Crippen molar-refractivity contribution in [1.82, 2.24) is 0 Å². The van der Waals surface area contributed by atoms with Crippen LogP contribution in [0.2, 0.25) is 0 Å². The van der Waals surface area contributed by atoms with E-state index in [4.69, 9.17) is 4.74 Å². The molecular weight excluding hydrogens is 327 g/mol. The molecule has 2 aromatic rings. The average molecular weight is 336 g/mol. The van der Waals surface area contributed by atoms with Gasteiger partial charge in [-0.15, -0.1) is 0 Å². The monoisotopic (exact) mass is 336 g/mol. The highest BCUT2D eigenvalue weighted by molar-refractivity contribution is 14.1. The lowest BCUT2D eigenvalue weighted by molar-refractivity contribution is 0.0456. The van der Waals surface area contributed by atoms with Crippen molar-refractivity contribution in [3.05, 3.63) is 68.8 Å². The van der Waals surface area contributed by atoms with Crippen molar-refractivity contribution >= 4 is 28.6 Å². The molecule has 2 aromatic carbocycles. The molecule has 0 fully saturated rings. The summed E-state index contributed by atoms with van der Waals surface area (Å²) in [7, 11) is 0. The van der Waals surface area contributed by atoms with Crippen molar-refractivity contribution in [1.29, 1.82) is 0 Å². The molecule has 0 amide bonds. The molecule has 0 saturated heterocycles. The standard InChI is InChI=1S/C14H9IO2/c15-10-7-5-9(6-8-10)13-11-3-1-2-4-12(11)14(16)17-13/h1-8,13H. The number of hydrogen-bond donors (Lipinski definition) is 0. The molecule has 84 valence electrons. The summed E-state index contributed by atoms with van der Waals surface area (Å²) in [5, 5.41) is 0. The molecule has 1 aliphatic rings. The Balaban J connectivity index is 2.07. The van der Waals surface area contributed by atoms with E-state index in [1.54, 1.807) is 0 Å². The minimum atomic E-state index is -0.254. The van der Waals surface area contributed by atoms with E-state index in [1.807, 2.05) is 48.5 Å². The number of fused-ring (bicyclic) bond motifs is 1. The molecule has 0 aromatic heterocycles. The van der Waals surface area contributed by atoms with Crippen LogP contribution in [0.4, 0.5) is 0 Å². The summed E-state index contributed by atoms with van der Waals surface area (Å²) in [5.41, 5.74) is 2.65. The Morgan fingerprint density at radius 2 is 1.71 bits per heavy atom. The highest BCUT2D eigenvalue weighted by Crippen LogP contribution is 2.35. The third-order valence-electron chi connectivity index (χ3n) is 2.86. The summed E-state index contributed by atoms with van der Waals surface area (Å²) in [6.07, 6.45) is -0.254. The van der Waals surface area contributed by atoms with Gasteiger partial charge in [0, 0.05) is 9.13 Å². The van der Waals surface area contributed by atoms with Gasteiger partial charge in [0.25, 0.3) is 0 Å². The van der Waals surface area contributed by atoms with Crippen LogP contribution in [0.1, 0.15) is 27.6 Å². The number of carbonyl (C=O) groups excluding carboxylic acids is 1. The normalized spacial score (nSPS) is 17.7. The second kappa shape index (κ2) is 4.14. The van der Waals surface area contributed by atoms with Gasteiger partial charge in [-0.1, -0.05) is 30.3 Å². The summed E-state index contributed by atoms with van der Waals surface area (Å²) in [6, 6.07) is 15.6. The first-order valence-electron chi connectivity index (χ1n) is 5.31. The van der Waals surface area contributed by atoms with Gasteiger partial charge in [0.05, 0.1) is 5.56 Å². The van der Waals surface area contributed by atoms with Crippen LogP contribution in [0.25, 0.3) is 0 Å². The van der Waals surface area contributed by atoms with Gasteiger partial charge in [0.15, 0.2) is 6.10 Å². The molecule has 0 saturated carbocycles. The van der Waals surface area contributed by atoms with Crippen LogP contribution >= 0.6 is 22.6 Å². The fourth-order valence-electron chi connectivity index (χ4n) is 2.03. The SMILES string of the molecule is O=C1OC(c2ccc(I)cc2)c2ccccc21. The molecule has 1 aliphatic heterocycles. The Morgan fingerprint density at radius 1 is 1.00 bits per heavy atom. The molecule has 1 unspecified atom stereocenters. The number of hydrogen-bond acceptors (Lipinski definition) is 2. The van der Waals surface area contributed by atoms with Gasteiger partial charge in [0.1, 0.15) is 0 Å². The zero-order valence-electron chi connectivity index (χ0n) is 8.89. The molecule has 2 nitrogen and oxygen atoms in total. The molecule has 3 heteroatoms. The lowest BCUT2D eigenvalue weighted by atomic mass is 9.99. The van der Waals surface area contributed by atoms with Crippen LogP contribution in [0, 0.1) is 3.57 Å². The van der Waals surface area contributed by atoms with E-state index < -0.39 is 0 Å². The van der Waals surface area contributed by atoms with Crippen LogP contribution < -0.4 is 0 Å². The molecule has 3 rings (SSSR count). The predicted octanol–water partition coefficient (Wildman–Crippen LogP) is 3.55. The summed E-state index contributed by atoms with van der Waals surface area (Å²) in [5.74, 6) is -0.232. The number of cyclic esters (lactones) is 1. The van der Waals surface area contributed by atoms with Crippen molar-refractivity contribution in [2.24, 2.45) is 0 Å². The third-order valence-corrected chi connectivity index (χ3v) is 3.58. The quantitative estimate of drug-likeness (QED) is 0.588. The predicted molar refractivity (Wildman–Crippen MR) is 72.9 cm³/mol. The Kier molecular flexibility index (Phi) is 2.63. The fraction of sp³-hybridized carbons (Fsp3) is 0.0714. The molecule has 0 aliphatic carbocycles. The van der Waals surface area contributed by atoms with Crippen molar-refractivity contribution in [3.8, 4) is 0 Å². The number of carbonyl (C=O) groups is 1. The van der Waals surface area contributed by atoms with Gasteiger partial charge in [-0.25, -0.2) is 4.79 Å². The van der Waals surface area contributed by atoms with E-state index in [-0.39, 0.29) is 12.1 Å². The topological polar surface area (TPSA) is 26.3 Å². The highest BCUT2D eigenvalue weighted by Gasteiger charge is 2.31. The van der Waals surface area contributed by atoms with E-state index in [0.29, 0.717) is 5.56 Å². The molecule has 17 heavy (non-hydrogen) atoms. The molecule has 1 atom stereocenters. The zero-order chi connectivity index (χ0) is 11.8. The smallest absolute Gasteiger partial charge is 0.339 e. The maximum absolute atomic E-state index is 11.7. The third kappa shape index (κ3) is 1.84. The van der Waals surface area contributed by atoms with Crippen LogP contribution in [0.3, 0.4) is 0 Å².